The van der Waals surface area contributed by atoms with E-state index in [-0.39, 0.29) is 16.9 Å². The normalized spacial score (nSPS) is 10.4. The van der Waals surface area contributed by atoms with Crippen molar-refractivity contribution in [1.82, 2.24) is 4.57 Å². The van der Waals surface area contributed by atoms with E-state index in [0.717, 1.165) is 17.7 Å². The molecule has 0 atom stereocenters. The number of aliphatic hydroxyl groups excluding tert-OH is 1. The highest BCUT2D eigenvalue weighted by Crippen LogP contribution is 2.31. The second-order valence-corrected chi connectivity index (χ2v) is 4.07. The topological polar surface area (TPSA) is 94.6 Å². The molecule has 110 valence electrons. The largest absolute Gasteiger partial charge is 0.464 e. The SMILES string of the molecule is COC(=O)c1cccn1-c1c(CO)ccc(F)c1[N+](=O)[O-]. The predicted molar refractivity (Wildman–Crippen MR) is 69.6 cm³/mol. The average Bonchev–Trinajstić information content (AvgIpc) is 2.94. The lowest BCUT2D eigenvalue weighted by Crippen LogP contribution is -2.12. The Morgan fingerprint density at radius 2 is 2.19 bits per heavy atom. The van der Waals surface area contributed by atoms with E-state index >= 15 is 0 Å². The summed E-state index contributed by atoms with van der Waals surface area (Å²) in [6.45, 7) is -0.546. The van der Waals surface area contributed by atoms with Crippen LogP contribution in [0.15, 0.2) is 30.5 Å². The van der Waals surface area contributed by atoms with Gasteiger partial charge in [0.2, 0.25) is 5.82 Å². The number of hydrogen-bond acceptors (Lipinski definition) is 5. The lowest BCUT2D eigenvalue weighted by Gasteiger charge is -2.12. The van der Waals surface area contributed by atoms with Crippen molar-refractivity contribution in [2.75, 3.05) is 7.11 Å². The Kier molecular flexibility index (Phi) is 3.99. The lowest BCUT2D eigenvalue weighted by molar-refractivity contribution is -0.387. The molecule has 7 nitrogen and oxygen atoms in total. The molecule has 1 heterocycles. The lowest BCUT2D eigenvalue weighted by atomic mass is 10.1. The summed E-state index contributed by atoms with van der Waals surface area (Å²) in [6, 6.07) is 4.96. The summed E-state index contributed by atoms with van der Waals surface area (Å²) in [4.78, 5) is 21.9. The number of halogens is 1. The first kappa shape index (κ1) is 14.7. The number of methoxy groups -OCH3 is 1. The van der Waals surface area contributed by atoms with Crippen LogP contribution in [0.1, 0.15) is 16.1 Å². The van der Waals surface area contributed by atoms with Crippen LogP contribution in [0.25, 0.3) is 5.69 Å². The first-order valence-electron chi connectivity index (χ1n) is 5.84. The van der Waals surface area contributed by atoms with Gasteiger partial charge in [-0.15, -0.1) is 0 Å². The molecule has 0 amide bonds. The van der Waals surface area contributed by atoms with Gasteiger partial charge in [-0.25, -0.2) is 4.79 Å². The van der Waals surface area contributed by atoms with Gasteiger partial charge in [0.05, 0.1) is 18.6 Å². The molecule has 0 radical (unpaired) electrons. The van der Waals surface area contributed by atoms with E-state index in [1.165, 1.54) is 24.4 Å². The third-order valence-corrected chi connectivity index (χ3v) is 2.92. The number of nitro benzene ring substituents is 1. The van der Waals surface area contributed by atoms with Crippen molar-refractivity contribution >= 4 is 11.7 Å². The Morgan fingerprint density at radius 1 is 1.48 bits per heavy atom. The zero-order valence-corrected chi connectivity index (χ0v) is 10.9. The summed E-state index contributed by atoms with van der Waals surface area (Å²) >= 11 is 0. The molecule has 0 spiro atoms. The van der Waals surface area contributed by atoms with Gasteiger partial charge in [0.25, 0.3) is 0 Å². The van der Waals surface area contributed by atoms with E-state index in [0.29, 0.717) is 0 Å². The molecule has 1 aromatic heterocycles. The smallest absolute Gasteiger partial charge is 0.355 e. The molecule has 1 N–H and O–H groups in total. The number of hydrogen-bond donors (Lipinski definition) is 1. The van der Waals surface area contributed by atoms with E-state index in [9.17, 15) is 24.4 Å². The quantitative estimate of drug-likeness (QED) is 0.527. The number of esters is 1. The first-order valence-corrected chi connectivity index (χ1v) is 5.84. The number of nitrogens with zero attached hydrogens (tertiary/aromatic N) is 2. The van der Waals surface area contributed by atoms with Crippen molar-refractivity contribution in [2.45, 2.75) is 6.61 Å². The van der Waals surface area contributed by atoms with Crippen molar-refractivity contribution in [3.05, 3.63) is 57.7 Å². The molecule has 0 fully saturated rings. The summed E-state index contributed by atoms with van der Waals surface area (Å²) in [7, 11) is 1.16. The molecule has 1 aromatic carbocycles. The van der Waals surface area contributed by atoms with Gasteiger partial charge in [-0.1, -0.05) is 6.07 Å². The molecule has 0 aliphatic rings. The van der Waals surface area contributed by atoms with Crippen LogP contribution in [-0.2, 0) is 11.3 Å². The van der Waals surface area contributed by atoms with Gasteiger partial charge >= 0.3 is 11.7 Å². The van der Waals surface area contributed by atoms with Crippen molar-refractivity contribution in [3.8, 4) is 5.69 Å². The molecule has 2 aromatic rings. The Balaban J connectivity index is 2.79. The van der Waals surface area contributed by atoms with E-state index in [1.807, 2.05) is 0 Å². The number of carbonyl (C=O) groups is 1. The Bertz CT molecular complexity index is 711. The average molecular weight is 294 g/mol. The van der Waals surface area contributed by atoms with Gasteiger partial charge in [-0.05, 0) is 18.2 Å². The summed E-state index contributed by atoms with van der Waals surface area (Å²) in [5, 5.41) is 20.4. The molecule has 8 heteroatoms. The Morgan fingerprint density at radius 3 is 2.76 bits per heavy atom. The minimum atomic E-state index is -1.06. The van der Waals surface area contributed by atoms with E-state index in [2.05, 4.69) is 4.74 Å². The van der Waals surface area contributed by atoms with E-state index < -0.39 is 29.0 Å². The van der Waals surface area contributed by atoms with Gasteiger partial charge < -0.3 is 14.4 Å². The van der Waals surface area contributed by atoms with Gasteiger partial charge in [0.1, 0.15) is 11.4 Å². The predicted octanol–water partition coefficient (Wildman–Crippen LogP) is 1.80. The summed E-state index contributed by atoms with van der Waals surface area (Å²) in [5.74, 6) is -1.79. The Hall–Kier alpha value is -2.74. The van der Waals surface area contributed by atoms with Crippen molar-refractivity contribution in [1.29, 1.82) is 0 Å². The van der Waals surface area contributed by atoms with Gasteiger partial charge in [-0.3, -0.25) is 10.1 Å². The summed E-state index contributed by atoms with van der Waals surface area (Å²) in [5.41, 5.74) is -0.916. The van der Waals surface area contributed by atoms with Crippen molar-refractivity contribution < 1.29 is 24.0 Å². The van der Waals surface area contributed by atoms with Crippen LogP contribution in [0, 0.1) is 15.9 Å². The molecular formula is C13H11FN2O5. The minimum absolute atomic E-state index is 0.0131. The summed E-state index contributed by atoms with van der Waals surface area (Å²) in [6.07, 6.45) is 1.35. The summed E-state index contributed by atoms with van der Waals surface area (Å²) < 4.78 is 19.5. The maximum absolute atomic E-state index is 13.8. The molecule has 0 aliphatic carbocycles. The molecular weight excluding hydrogens is 283 g/mol. The number of nitro groups is 1. The third kappa shape index (κ3) is 2.48. The molecule has 0 unspecified atom stereocenters. The third-order valence-electron chi connectivity index (χ3n) is 2.92. The molecule has 21 heavy (non-hydrogen) atoms. The van der Waals surface area contributed by atoms with Gasteiger partial charge in [-0.2, -0.15) is 4.39 Å². The number of rotatable bonds is 4. The fourth-order valence-corrected chi connectivity index (χ4v) is 2.01. The van der Waals surface area contributed by atoms with Crippen LogP contribution in [0.5, 0.6) is 0 Å². The van der Waals surface area contributed by atoms with Crippen molar-refractivity contribution in [2.24, 2.45) is 0 Å². The zero-order valence-electron chi connectivity index (χ0n) is 10.9. The maximum Gasteiger partial charge on any atom is 0.355 e. The highest BCUT2D eigenvalue weighted by atomic mass is 19.1. The molecule has 0 bridgehead atoms. The van der Waals surface area contributed by atoms with Crippen molar-refractivity contribution in [3.63, 3.8) is 0 Å². The fraction of sp³-hybridized carbons (Fsp3) is 0.154. The number of ether oxygens (including phenoxy) is 1. The highest BCUT2D eigenvalue weighted by Gasteiger charge is 2.27. The Labute approximate surface area is 118 Å². The minimum Gasteiger partial charge on any atom is -0.464 e. The van der Waals surface area contributed by atoms with Gasteiger partial charge in [0.15, 0.2) is 0 Å². The molecule has 0 aliphatic heterocycles. The van der Waals surface area contributed by atoms with Crippen LogP contribution < -0.4 is 0 Å². The van der Waals surface area contributed by atoms with Crippen LogP contribution in [-0.4, -0.2) is 27.7 Å². The number of aromatic nitrogens is 1. The van der Waals surface area contributed by atoms with E-state index in [4.69, 9.17) is 0 Å². The van der Waals surface area contributed by atoms with Crippen LogP contribution in [0.2, 0.25) is 0 Å². The maximum atomic E-state index is 13.8. The van der Waals surface area contributed by atoms with Crippen LogP contribution in [0.3, 0.4) is 0 Å². The van der Waals surface area contributed by atoms with Crippen LogP contribution >= 0.6 is 0 Å². The number of aliphatic hydroxyl groups is 1. The molecule has 0 saturated heterocycles. The standard InChI is InChI=1S/C13H11FN2O5/c1-21-13(18)10-3-2-6-15(10)11-8(7-17)4-5-9(14)12(11)16(19)20/h2-6,17H,7H2,1H3. The van der Waals surface area contributed by atoms with E-state index in [1.54, 1.807) is 0 Å². The first-order chi connectivity index (χ1) is 10.0. The molecule has 2 rings (SSSR count). The van der Waals surface area contributed by atoms with Crippen LogP contribution in [0.4, 0.5) is 10.1 Å². The highest BCUT2D eigenvalue weighted by molar-refractivity contribution is 5.89. The number of benzene rings is 1. The number of carbonyl (C=O) groups excluding carboxylic acids is 1. The second-order valence-electron chi connectivity index (χ2n) is 4.07. The molecule has 0 saturated carbocycles. The zero-order chi connectivity index (χ0) is 15.6. The monoisotopic (exact) mass is 294 g/mol. The van der Waals surface area contributed by atoms with Gasteiger partial charge in [0, 0.05) is 11.8 Å². The second kappa shape index (κ2) is 5.71. The fourth-order valence-electron chi connectivity index (χ4n) is 2.01.